The third kappa shape index (κ3) is 3.19. The molecular weight excluding hydrogens is 316 g/mol. The van der Waals surface area contributed by atoms with Crippen LogP contribution in [0, 0.1) is 5.82 Å². The van der Waals surface area contributed by atoms with Gasteiger partial charge in [-0.05, 0) is 23.8 Å². The number of halogens is 4. The molecule has 1 aromatic carbocycles. The molecule has 3 rings (SSSR count). The standard InChI is InChI=1S/C14H12F4N4O/c15-10-4-8(3-9(5-10)14(16,17)18)11-1-2-23-22(11)13-6-12(19)20-7-21-13/h3-7,11H,1-2H2,(H2,19,20,21). The molecule has 0 aliphatic carbocycles. The Morgan fingerprint density at radius 3 is 2.65 bits per heavy atom. The molecule has 5 nitrogen and oxygen atoms in total. The minimum atomic E-state index is -4.62. The molecule has 0 amide bonds. The van der Waals surface area contributed by atoms with Crippen molar-refractivity contribution in [2.45, 2.75) is 18.6 Å². The molecular formula is C14H12F4N4O. The van der Waals surface area contributed by atoms with Crippen LogP contribution in [0.4, 0.5) is 29.2 Å². The Labute approximate surface area is 128 Å². The van der Waals surface area contributed by atoms with Crippen molar-refractivity contribution in [1.29, 1.82) is 0 Å². The molecule has 1 fully saturated rings. The van der Waals surface area contributed by atoms with Gasteiger partial charge in [-0.3, -0.25) is 4.84 Å². The minimum Gasteiger partial charge on any atom is -0.384 e. The van der Waals surface area contributed by atoms with E-state index in [2.05, 4.69) is 9.97 Å². The molecule has 1 atom stereocenters. The van der Waals surface area contributed by atoms with Gasteiger partial charge in [-0.2, -0.15) is 13.2 Å². The first-order valence-corrected chi connectivity index (χ1v) is 6.72. The fraction of sp³-hybridized carbons (Fsp3) is 0.286. The average Bonchev–Trinajstić information content (AvgIpc) is 2.95. The summed E-state index contributed by atoms with van der Waals surface area (Å²) in [6, 6.07) is 3.28. The summed E-state index contributed by atoms with van der Waals surface area (Å²) in [6.07, 6.45) is -3.01. The van der Waals surface area contributed by atoms with Crippen LogP contribution in [0.25, 0.3) is 0 Å². The first-order chi connectivity index (χ1) is 10.8. The van der Waals surface area contributed by atoms with Gasteiger partial charge in [0.05, 0.1) is 18.2 Å². The molecule has 2 N–H and O–H groups in total. The van der Waals surface area contributed by atoms with Gasteiger partial charge < -0.3 is 5.73 Å². The minimum absolute atomic E-state index is 0.159. The number of aromatic nitrogens is 2. The summed E-state index contributed by atoms with van der Waals surface area (Å²) in [6.45, 7) is 0.270. The monoisotopic (exact) mass is 328 g/mol. The highest BCUT2D eigenvalue weighted by atomic mass is 19.4. The van der Waals surface area contributed by atoms with E-state index in [1.54, 1.807) is 0 Å². The molecule has 0 bridgehead atoms. The Bertz CT molecular complexity index is 722. The lowest BCUT2D eigenvalue weighted by Gasteiger charge is -2.24. The van der Waals surface area contributed by atoms with E-state index in [4.69, 9.17) is 10.6 Å². The fourth-order valence-electron chi connectivity index (χ4n) is 2.45. The molecule has 2 heterocycles. The Morgan fingerprint density at radius 1 is 1.17 bits per heavy atom. The van der Waals surface area contributed by atoms with E-state index in [1.165, 1.54) is 17.5 Å². The smallest absolute Gasteiger partial charge is 0.384 e. The van der Waals surface area contributed by atoms with Crippen LogP contribution in [-0.4, -0.2) is 16.6 Å². The first kappa shape index (κ1) is 15.5. The number of alkyl halides is 3. The second-order valence-corrected chi connectivity index (χ2v) is 5.04. The molecule has 0 spiro atoms. The maximum Gasteiger partial charge on any atom is 0.416 e. The van der Waals surface area contributed by atoms with Gasteiger partial charge in [0.15, 0.2) is 5.82 Å². The van der Waals surface area contributed by atoms with Crippen LogP contribution < -0.4 is 10.8 Å². The zero-order valence-corrected chi connectivity index (χ0v) is 11.7. The molecule has 0 saturated carbocycles. The van der Waals surface area contributed by atoms with Crippen molar-refractivity contribution in [3.63, 3.8) is 0 Å². The van der Waals surface area contributed by atoms with Gasteiger partial charge >= 0.3 is 6.18 Å². The van der Waals surface area contributed by atoms with Crippen molar-refractivity contribution in [2.24, 2.45) is 0 Å². The second kappa shape index (κ2) is 5.65. The van der Waals surface area contributed by atoms with Crippen LogP contribution in [0.5, 0.6) is 0 Å². The third-order valence-electron chi connectivity index (χ3n) is 3.44. The van der Waals surface area contributed by atoms with Gasteiger partial charge in [0.25, 0.3) is 0 Å². The number of benzene rings is 1. The molecule has 122 valence electrons. The van der Waals surface area contributed by atoms with E-state index in [9.17, 15) is 17.6 Å². The molecule has 9 heteroatoms. The number of hydrogen-bond donors (Lipinski definition) is 1. The van der Waals surface area contributed by atoms with Crippen LogP contribution in [0.1, 0.15) is 23.6 Å². The van der Waals surface area contributed by atoms with Crippen molar-refractivity contribution in [3.05, 3.63) is 47.5 Å². The zero-order chi connectivity index (χ0) is 16.6. The Kier molecular flexibility index (Phi) is 3.80. The maximum absolute atomic E-state index is 13.6. The van der Waals surface area contributed by atoms with E-state index in [0.29, 0.717) is 18.3 Å². The summed E-state index contributed by atoms with van der Waals surface area (Å²) >= 11 is 0. The summed E-state index contributed by atoms with van der Waals surface area (Å²) in [5, 5.41) is 1.33. The van der Waals surface area contributed by atoms with E-state index >= 15 is 0 Å². The van der Waals surface area contributed by atoms with E-state index in [1.807, 2.05) is 0 Å². The molecule has 1 aliphatic heterocycles. The van der Waals surface area contributed by atoms with Crippen molar-refractivity contribution >= 4 is 11.6 Å². The molecule has 1 aliphatic rings. The Hall–Kier alpha value is -2.42. The van der Waals surface area contributed by atoms with Crippen LogP contribution in [0.3, 0.4) is 0 Å². The van der Waals surface area contributed by atoms with Crippen LogP contribution >= 0.6 is 0 Å². The van der Waals surface area contributed by atoms with Crippen molar-refractivity contribution in [3.8, 4) is 0 Å². The molecule has 23 heavy (non-hydrogen) atoms. The SMILES string of the molecule is Nc1cc(N2OCCC2c2cc(F)cc(C(F)(F)F)c2)ncn1. The second-order valence-electron chi connectivity index (χ2n) is 5.04. The molecule has 1 unspecified atom stereocenters. The quantitative estimate of drug-likeness (QED) is 0.858. The van der Waals surface area contributed by atoms with E-state index < -0.39 is 23.6 Å². The van der Waals surface area contributed by atoms with Gasteiger partial charge in [0.2, 0.25) is 0 Å². The summed E-state index contributed by atoms with van der Waals surface area (Å²) in [4.78, 5) is 13.1. The molecule has 1 saturated heterocycles. The van der Waals surface area contributed by atoms with Gasteiger partial charge in [-0.25, -0.2) is 19.4 Å². The number of hydroxylamine groups is 1. The predicted octanol–water partition coefficient (Wildman–Crippen LogP) is 3.10. The molecule has 1 aromatic heterocycles. The van der Waals surface area contributed by atoms with Gasteiger partial charge in [0.1, 0.15) is 18.0 Å². The highest BCUT2D eigenvalue weighted by Gasteiger charge is 2.34. The van der Waals surface area contributed by atoms with Gasteiger partial charge in [-0.15, -0.1) is 0 Å². The van der Waals surface area contributed by atoms with Gasteiger partial charge in [-0.1, -0.05) is 0 Å². The molecule has 0 radical (unpaired) electrons. The number of anilines is 2. The highest BCUT2D eigenvalue weighted by molar-refractivity contribution is 5.47. The normalized spacial score (nSPS) is 18.4. The predicted molar refractivity (Wildman–Crippen MR) is 73.6 cm³/mol. The lowest BCUT2D eigenvalue weighted by Crippen LogP contribution is -2.23. The van der Waals surface area contributed by atoms with Crippen LogP contribution in [0.2, 0.25) is 0 Å². The highest BCUT2D eigenvalue weighted by Crippen LogP contribution is 2.37. The zero-order valence-electron chi connectivity index (χ0n) is 11.7. The first-order valence-electron chi connectivity index (χ1n) is 6.72. The topological polar surface area (TPSA) is 64.3 Å². The number of rotatable bonds is 2. The van der Waals surface area contributed by atoms with Crippen molar-refractivity contribution in [2.75, 3.05) is 17.4 Å². The summed E-state index contributed by atoms with van der Waals surface area (Å²) in [5.74, 6) is -0.457. The summed E-state index contributed by atoms with van der Waals surface area (Å²) in [7, 11) is 0. The van der Waals surface area contributed by atoms with E-state index in [-0.39, 0.29) is 18.0 Å². The number of nitrogens with zero attached hydrogens (tertiary/aromatic N) is 3. The van der Waals surface area contributed by atoms with E-state index in [0.717, 1.165) is 12.1 Å². The van der Waals surface area contributed by atoms with Crippen molar-refractivity contribution < 1.29 is 22.4 Å². The van der Waals surface area contributed by atoms with Crippen molar-refractivity contribution in [1.82, 2.24) is 9.97 Å². The number of nitrogens with two attached hydrogens (primary N) is 1. The fourth-order valence-corrected chi connectivity index (χ4v) is 2.45. The van der Waals surface area contributed by atoms with Crippen LogP contribution in [-0.2, 0) is 11.0 Å². The largest absolute Gasteiger partial charge is 0.416 e. The third-order valence-corrected chi connectivity index (χ3v) is 3.44. The molecule has 2 aromatic rings. The number of hydrogen-bond acceptors (Lipinski definition) is 5. The van der Waals surface area contributed by atoms with Crippen LogP contribution in [0.15, 0.2) is 30.6 Å². The maximum atomic E-state index is 13.6. The average molecular weight is 328 g/mol. The number of nitrogen functional groups attached to an aromatic ring is 1. The lowest BCUT2D eigenvalue weighted by atomic mass is 10.0. The van der Waals surface area contributed by atoms with Gasteiger partial charge in [0, 0.05) is 12.5 Å². The summed E-state index contributed by atoms with van der Waals surface area (Å²) < 4.78 is 52.2. The Morgan fingerprint density at radius 2 is 1.96 bits per heavy atom. The lowest BCUT2D eigenvalue weighted by molar-refractivity contribution is -0.137. The Balaban J connectivity index is 1.99. The summed E-state index contributed by atoms with van der Waals surface area (Å²) in [5.41, 5.74) is 4.69.